The lowest BCUT2D eigenvalue weighted by molar-refractivity contribution is 0.0293. The first-order chi connectivity index (χ1) is 8.70. The summed E-state index contributed by atoms with van der Waals surface area (Å²) < 4.78 is 0.286. The van der Waals surface area contributed by atoms with E-state index in [4.69, 9.17) is 0 Å². The Morgan fingerprint density at radius 2 is 1.72 bits per heavy atom. The molecule has 1 fully saturated rings. The van der Waals surface area contributed by atoms with Crippen molar-refractivity contribution in [2.24, 2.45) is 5.92 Å². The van der Waals surface area contributed by atoms with Crippen molar-refractivity contribution in [1.29, 1.82) is 0 Å². The zero-order valence-electron chi connectivity index (χ0n) is 10.5. The third-order valence-corrected chi connectivity index (χ3v) is 6.38. The zero-order chi connectivity index (χ0) is 13.0. The monoisotopic (exact) mass is 284 g/mol. The van der Waals surface area contributed by atoms with Crippen molar-refractivity contribution in [3.63, 3.8) is 0 Å². The van der Waals surface area contributed by atoms with Gasteiger partial charge in [-0.1, -0.05) is 30.3 Å². The van der Waals surface area contributed by atoms with Crippen LogP contribution in [0.2, 0.25) is 0 Å². The van der Waals surface area contributed by atoms with Gasteiger partial charge in [-0.25, -0.2) is 0 Å². The molecule has 0 amide bonds. The maximum absolute atomic E-state index is 10.5. The van der Waals surface area contributed by atoms with E-state index in [1.54, 1.807) is 6.92 Å². The van der Waals surface area contributed by atoms with Crippen molar-refractivity contribution in [3.8, 4) is 0 Å². The highest BCUT2D eigenvalue weighted by Gasteiger charge is 2.34. The fourth-order valence-corrected chi connectivity index (χ4v) is 5.67. The van der Waals surface area contributed by atoms with Gasteiger partial charge in [-0.3, -0.25) is 0 Å². The summed E-state index contributed by atoms with van der Waals surface area (Å²) in [6.45, 7) is 1.78. The van der Waals surface area contributed by atoms with E-state index in [0.717, 1.165) is 17.1 Å². The summed E-state index contributed by atoms with van der Waals surface area (Å²) in [5.41, 5.74) is 0.898. The second-order valence-corrected chi connectivity index (χ2v) is 7.43. The van der Waals surface area contributed by atoms with Gasteiger partial charge in [0.05, 0.1) is 16.8 Å². The van der Waals surface area contributed by atoms with Crippen LogP contribution in [-0.2, 0) is 0 Å². The third-order valence-electron chi connectivity index (χ3n) is 3.23. The molecule has 0 aromatic heterocycles. The molecule has 18 heavy (non-hydrogen) atoms. The first-order valence-electron chi connectivity index (χ1n) is 6.34. The number of benzene rings is 1. The number of aliphatic hydroxyl groups is 2. The average Bonchev–Trinajstić information content (AvgIpc) is 2.40. The van der Waals surface area contributed by atoms with E-state index in [2.05, 4.69) is 0 Å². The molecule has 1 saturated heterocycles. The van der Waals surface area contributed by atoms with Gasteiger partial charge < -0.3 is 10.2 Å². The van der Waals surface area contributed by atoms with Crippen molar-refractivity contribution < 1.29 is 10.2 Å². The van der Waals surface area contributed by atoms with Crippen LogP contribution in [0.5, 0.6) is 0 Å². The second kappa shape index (κ2) is 6.85. The van der Waals surface area contributed by atoms with Crippen molar-refractivity contribution in [2.45, 2.75) is 30.1 Å². The summed E-state index contributed by atoms with van der Waals surface area (Å²) in [5, 5.41) is 20.5. The molecule has 2 rings (SSSR count). The Hall–Kier alpha value is -0.160. The standard InChI is InChI=1S/C14H20O2S2/c1-10(15)12(14-17-8-5-9-18-14)13(16)11-6-3-2-4-7-11/h2-4,6-7,10,12-16H,5,8-9H2,1H3/t10-,12-,13-/m0/s1. The third kappa shape index (κ3) is 3.44. The molecule has 1 aromatic carbocycles. The predicted octanol–water partition coefficient (Wildman–Crippen LogP) is 2.91. The van der Waals surface area contributed by atoms with E-state index in [0.29, 0.717) is 0 Å². The lowest BCUT2D eigenvalue weighted by Gasteiger charge is -2.34. The van der Waals surface area contributed by atoms with Crippen LogP contribution >= 0.6 is 23.5 Å². The molecule has 1 aliphatic rings. The summed E-state index contributed by atoms with van der Waals surface area (Å²) in [6, 6.07) is 9.66. The molecule has 2 N–H and O–H groups in total. The molecule has 1 heterocycles. The smallest absolute Gasteiger partial charge is 0.0861 e. The summed E-state index contributed by atoms with van der Waals surface area (Å²) in [4.78, 5) is 0. The van der Waals surface area contributed by atoms with Crippen molar-refractivity contribution >= 4 is 23.5 Å². The molecule has 0 aliphatic carbocycles. The minimum Gasteiger partial charge on any atom is -0.393 e. The van der Waals surface area contributed by atoms with Gasteiger partial charge in [-0.2, -0.15) is 0 Å². The number of thioether (sulfide) groups is 2. The van der Waals surface area contributed by atoms with Gasteiger partial charge in [0, 0.05) is 5.92 Å². The molecule has 0 unspecified atom stereocenters. The Morgan fingerprint density at radius 1 is 1.11 bits per heavy atom. The molecule has 2 nitrogen and oxygen atoms in total. The van der Waals surface area contributed by atoms with Crippen LogP contribution in [-0.4, -0.2) is 32.4 Å². The van der Waals surface area contributed by atoms with Crippen LogP contribution in [0.15, 0.2) is 30.3 Å². The number of rotatable bonds is 4. The minimum absolute atomic E-state index is 0.109. The maximum Gasteiger partial charge on any atom is 0.0861 e. The molecule has 4 heteroatoms. The van der Waals surface area contributed by atoms with Gasteiger partial charge in [0.15, 0.2) is 0 Å². The van der Waals surface area contributed by atoms with E-state index in [9.17, 15) is 10.2 Å². The highest BCUT2D eigenvalue weighted by atomic mass is 32.2. The summed E-state index contributed by atoms with van der Waals surface area (Å²) in [6.07, 6.45) is 0.136. The predicted molar refractivity (Wildman–Crippen MR) is 79.9 cm³/mol. The van der Waals surface area contributed by atoms with Crippen LogP contribution in [0.4, 0.5) is 0 Å². The van der Waals surface area contributed by atoms with Gasteiger partial charge in [-0.15, -0.1) is 23.5 Å². The molecule has 0 spiro atoms. The molecule has 1 aliphatic heterocycles. The Bertz CT molecular complexity index is 350. The second-order valence-electron chi connectivity index (χ2n) is 4.64. The van der Waals surface area contributed by atoms with E-state index < -0.39 is 12.2 Å². The molecule has 100 valence electrons. The maximum atomic E-state index is 10.5. The number of hydrogen-bond acceptors (Lipinski definition) is 4. The highest BCUT2D eigenvalue weighted by Crippen LogP contribution is 2.42. The highest BCUT2D eigenvalue weighted by molar-refractivity contribution is 8.17. The van der Waals surface area contributed by atoms with E-state index in [1.165, 1.54) is 6.42 Å². The van der Waals surface area contributed by atoms with Crippen LogP contribution < -0.4 is 0 Å². The Kier molecular flexibility index (Phi) is 5.42. The molecule has 0 radical (unpaired) electrons. The normalized spacial score (nSPS) is 22.4. The van der Waals surface area contributed by atoms with Crippen molar-refractivity contribution in [3.05, 3.63) is 35.9 Å². The first kappa shape index (κ1) is 14.3. The molecule has 1 aromatic rings. The van der Waals surface area contributed by atoms with Gasteiger partial charge in [0.1, 0.15) is 0 Å². The first-order valence-corrected chi connectivity index (χ1v) is 8.44. The molecule has 0 bridgehead atoms. The van der Waals surface area contributed by atoms with Crippen molar-refractivity contribution in [2.75, 3.05) is 11.5 Å². The topological polar surface area (TPSA) is 40.5 Å². The van der Waals surface area contributed by atoms with Gasteiger partial charge in [0.2, 0.25) is 0 Å². The summed E-state index contributed by atoms with van der Waals surface area (Å²) in [7, 11) is 0. The number of hydrogen-bond donors (Lipinski definition) is 2. The van der Waals surface area contributed by atoms with Gasteiger partial charge >= 0.3 is 0 Å². The van der Waals surface area contributed by atoms with E-state index >= 15 is 0 Å². The quantitative estimate of drug-likeness (QED) is 0.892. The van der Waals surface area contributed by atoms with Crippen LogP contribution in [0.25, 0.3) is 0 Å². The van der Waals surface area contributed by atoms with Crippen molar-refractivity contribution in [1.82, 2.24) is 0 Å². The summed E-state index contributed by atoms with van der Waals surface area (Å²) >= 11 is 3.73. The lowest BCUT2D eigenvalue weighted by atomic mass is 9.93. The Morgan fingerprint density at radius 3 is 2.28 bits per heavy atom. The SMILES string of the molecule is C[C@H](O)[C@H](C1SCCCS1)[C@@H](O)c1ccccc1. The zero-order valence-corrected chi connectivity index (χ0v) is 12.2. The minimum atomic E-state index is -0.589. The fourth-order valence-electron chi connectivity index (χ4n) is 2.24. The van der Waals surface area contributed by atoms with Crippen LogP contribution in [0, 0.1) is 5.92 Å². The number of aliphatic hydroxyl groups excluding tert-OH is 2. The lowest BCUT2D eigenvalue weighted by Crippen LogP contribution is -2.33. The largest absolute Gasteiger partial charge is 0.393 e. The molecular weight excluding hydrogens is 264 g/mol. The Labute approximate surface area is 117 Å². The van der Waals surface area contributed by atoms with Crippen LogP contribution in [0.1, 0.15) is 25.0 Å². The fraction of sp³-hybridized carbons (Fsp3) is 0.571. The van der Waals surface area contributed by atoms with Gasteiger partial charge in [0.25, 0.3) is 0 Å². The molecular formula is C14H20O2S2. The van der Waals surface area contributed by atoms with E-state index in [-0.39, 0.29) is 10.5 Å². The Balaban J connectivity index is 2.14. The summed E-state index contributed by atoms with van der Waals surface area (Å²) in [5.74, 6) is 2.15. The molecule has 3 atom stereocenters. The molecule has 0 saturated carbocycles. The van der Waals surface area contributed by atoms with Gasteiger partial charge in [-0.05, 0) is 30.4 Å². The average molecular weight is 284 g/mol. The van der Waals surface area contributed by atoms with Crippen LogP contribution in [0.3, 0.4) is 0 Å². The van der Waals surface area contributed by atoms with E-state index in [1.807, 2.05) is 53.9 Å².